The Morgan fingerprint density at radius 3 is 2.26 bits per heavy atom. The summed E-state index contributed by atoms with van der Waals surface area (Å²) in [6, 6.07) is 11.5. The van der Waals surface area contributed by atoms with Crippen LogP contribution in [0.2, 0.25) is 0 Å². The van der Waals surface area contributed by atoms with Crippen LogP contribution in [0.5, 0.6) is 0 Å². The number of carbonyl (C=O) groups excluding carboxylic acids is 1. The number of hydrogen-bond donors (Lipinski definition) is 1. The van der Waals surface area contributed by atoms with E-state index in [1.54, 1.807) is 18.3 Å². The number of benzene rings is 1. The minimum Gasteiger partial charge on any atom is -0.366 e. The summed E-state index contributed by atoms with van der Waals surface area (Å²) in [5.41, 5.74) is 8.71. The number of rotatable bonds is 2. The first-order valence-electron chi connectivity index (χ1n) is 6.25. The van der Waals surface area contributed by atoms with Gasteiger partial charge >= 0.3 is 0 Å². The molecular formula is C16H18N2O. The molecule has 0 aliphatic carbocycles. The monoisotopic (exact) mass is 254 g/mol. The molecule has 0 aliphatic heterocycles. The highest BCUT2D eigenvalue weighted by Gasteiger charge is 2.15. The van der Waals surface area contributed by atoms with Crippen molar-refractivity contribution in [3.05, 3.63) is 53.7 Å². The average Bonchev–Trinajstić information content (AvgIpc) is 2.38. The number of amides is 1. The summed E-state index contributed by atoms with van der Waals surface area (Å²) in [4.78, 5) is 15.7. The van der Waals surface area contributed by atoms with Crippen LogP contribution in [0.15, 0.2) is 42.6 Å². The highest BCUT2D eigenvalue weighted by Crippen LogP contribution is 2.26. The zero-order valence-electron chi connectivity index (χ0n) is 11.5. The van der Waals surface area contributed by atoms with Crippen LogP contribution in [0.25, 0.3) is 11.3 Å². The lowest BCUT2D eigenvalue weighted by Crippen LogP contribution is -2.13. The minimum atomic E-state index is -0.456. The molecule has 0 aliphatic rings. The maximum Gasteiger partial charge on any atom is 0.250 e. The molecule has 1 aromatic heterocycles. The molecule has 2 rings (SSSR count). The highest BCUT2D eigenvalue weighted by molar-refractivity contribution is 5.98. The van der Waals surface area contributed by atoms with Crippen LogP contribution in [0.3, 0.4) is 0 Å². The van der Waals surface area contributed by atoms with Crippen molar-refractivity contribution in [1.82, 2.24) is 4.98 Å². The first-order chi connectivity index (χ1) is 8.89. The van der Waals surface area contributed by atoms with Crippen LogP contribution in [-0.4, -0.2) is 10.9 Å². The van der Waals surface area contributed by atoms with E-state index in [2.05, 4.69) is 37.9 Å². The summed E-state index contributed by atoms with van der Waals surface area (Å²) in [7, 11) is 0. The zero-order valence-corrected chi connectivity index (χ0v) is 11.5. The van der Waals surface area contributed by atoms with Crippen LogP contribution in [0, 0.1) is 0 Å². The molecular weight excluding hydrogens is 236 g/mol. The minimum absolute atomic E-state index is 0.106. The van der Waals surface area contributed by atoms with Gasteiger partial charge in [-0.05, 0) is 23.1 Å². The van der Waals surface area contributed by atoms with E-state index in [4.69, 9.17) is 5.73 Å². The molecule has 3 heteroatoms. The van der Waals surface area contributed by atoms with Crippen molar-refractivity contribution < 1.29 is 4.79 Å². The summed E-state index contributed by atoms with van der Waals surface area (Å²) >= 11 is 0. The third-order valence-electron chi connectivity index (χ3n) is 3.10. The molecule has 1 amide bonds. The molecule has 0 spiro atoms. The topological polar surface area (TPSA) is 56.0 Å². The van der Waals surface area contributed by atoms with E-state index in [0.717, 1.165) is 5.56 Å². The van der Waals surface area contributed by atoms with Gasteiger partial charge in [-0.25, -0.2) is 0 Å². The Morgan fingerprint density at radius 1 is 1.11 bits per heavy atom. The fourth-order valence-electron chi connectivity index (χ4n) is 1.96. The largest absolute Gasteiger partial charge is 0.366 e. The van der Waals surface area contributed by atoms with Crippen molar-refractivity contribution in [3.63, 3.8) is 0 Å². The molecule has 2 N–H and O–H groups in total. The number of hydrogen-bond acceptors (Lipinski definition) is 2. The Kier molecular flexibility index (Phi) is 3.38. The molecule has 1 heterocycles. The van der Waals surface area contributed by atoms with E-state index in [-0.39, 0.29) is 5.41 Å². The van der Waals surface area contributed by atoms with Crippen molar-refractivity contribution in [3.8, 4) is 11.3 Å². The summed E-state index contributed by atoms with van der Waals surface area (Å²) in [5.74, 6) is -0.456. The van der Waals surface area contributed by atoms with Gasteiger partial charge in [0.2, 0.25) is 0 Å². The van der Waals surface area contributed by atoms with Crippen molar-refractivity contribution in [2.45, 2.75) is 26.2 Å². The molecule has 0 saturated heterocycles. The zero-order chi connectivity index (χ0) is 14.0. The van der Waals surface area contributed by atoms with Crippen LogP contribution in [0.1, 0.15) is 36.7 Å². The lowest BCUT2D eigenvalue weighted by atomic mass is 9.86. The number of aromatic nitrogens is 1. The number of nitrogens with two attached hydrogens (primary N) is 1. The van der Waals surface area contributed by atoms with Gasteiger partial charge in [0.05, 0.1) is 11.3 Å². The second kappa shape index (κ2) is 4.84. The summed E-state index contributed by atoms with van der Waals surface area (Å²) in [6.45, 7) is 6.49. The standard InChI is InChI=1S/C16H18N2O/c1-16(2,3)12-8-6-11(7-9-12)14-13(15(17)19)5-4-10-18-14/h4-10H,1-3H3,(H2,17,19). The molecule has 0 bridgehead atoms. The number of nitrogens with zero attached hydrogens (tertiary/aromatic N) is 1. The van der Waals surface area contributed by atoms with Crippen LogP contribution in [0.4, 0.5) is 0 Å². The maximum atomic E-state index is 11.4. The smallest absolute Gasteiger partial charge is 0.250 e. The molecule has 0 radical (unpaired) electrons. The van der Waals surface area contributed by atoms with Gasteiger partial charge in [0.25, 0.3) is 5.91 Å². The summed E-state index contributed by atoms with van der Waals surface area (Å²) in [5, 5.41) is 0. The molecule has 3 nitrogen and oxygen atoms in total. The summed E-state index contributed by atoms with van der Waals surface area (Å²) < 4.78 is 0. The second-order valence-electron chi connectivity index (χ2n) is 5.59. The van der Waals surface area contributed by atoms with Gasteiger partial charge < -0.3 is 5.73 Å². The Morgan fingerprint density at radius 2 is 1.74 bits per heavy atom. The molecule has 1 aromatic carbocycles. The molecule has 0 fully saturated rings. The third kappa shape index (κ3) is 2.81. The normalized spacial score (nSPS) is 11.3. The molecule has 0 unspecified atom stereocenters. The number of primary amides is 1. The van der Waals surface area contributed by atoms with Crippen molar-refractivity contribution in [2.75, 3.05) is 0 Å². The van der Waals surface area contributed by atoms with Crippen molar-refractivity contribution >= 4 is 5.91 Å². The number of pyridine rings is 1. The van der Waals surface area contributed by atoms with Crippen molar-refractivity contribution in [1.29, 1.82) is 0 Å². The summed E-state index contributed by atoms with van der Waals surface area (Å²) in [6.07, 6.45) is 1.67. The maximum absolute atomic E-state index is 11.4. The predicted molar refractivity (Wildman–Crippen MR) is 76.9 cm³/mol. The third-order valence-corrected chi connectivity index (χ3v) is 3.10. The fourth-order valence-corrected chi connectivity index (χ4v) is 1.96. The van der Waals surface area contributed by atoms with E-state index < -0.39 is 5.91 Å². The van der Waals surface area contributed by atoms with E-state index >= 15 is 0 Å². The van der Waals surface area contributed by atoms with Gasteiger partial charge in [-0.2, -0.15) is 0 Å². The average molecular weight is 254 g/mol. The molecule has 0 atom stereocenters. The predicted octanol–water partition coefficient (Wildman–Crippen LogP) is 3.15. The van der Waals surface area contributed by atoms with Gasteiger partial charge in [0.1, 0.15) is 0 Å². The lowest BCUT2D eigenvalue weighted by Gasteiger charge is -2.19. The van der Waals surface area contributed by atoms with Crippen LogP contribution >= 0.6 is 0 Å². The van der Waals surface area contributed by atoms with E-state index in [9.17, 15) is 4.79 Å². The second-order valence-corrected chi connectivity index (χ2v) is 5.59. The van der Waals surface area contributed by atoms with Gasteiger partial charge in [-0.3, -0.25) is 9.78 Å². The SMILES string of the molecule is CC(C)(C)c1ccc(-c2ncccc2C(N)=O)cc1. The van der Waals surface area contributed by atoms with E-state index in [1.807, 2.05) is 12.1 Å². The van der Waals surface area contributed by atoms with E-state index in [1.165, 1.54) is 5.56 Å². The lowest BCUT2D eigenvalue weighted by molar-refractivity contribution is 0.100. The molecule has 0 saturated carbocycles. The molecule has 2 aromatic rings. The van der Waals surface area contributed by atoms with Gasteiger partial charge in [0, 0.05) is 11.8 Å². The van der Waals surface area contributed by atoms with Gasteiger partial charge in [-0.1, -0.05) is 45.0 Å². The van der Waals surface area contributed by atoms with E-state index in [0.29, 0.717) is 11.3 Å². The first-order valence-corrected chi connectivity index (χ1v) is 6.25. The Hall–Kier alpha value is -2.16. The Labute approximate surface area is 113 Å². The van der Waals surface area contributed by atoms with Crippen LogP contribution in [-0.2, 0) is 5.41 Å². The van der Waals surface area contributed by atoms with Gasteiger partial charge in [0.15, 0.2) is 0 Å². The number of carbonyl (C=O) groups is 1. The fraction of sp³-hybridized carbons (Fsp3) is 0.250. The Bertz CT molecular complexity index is 595. The quantitative estimate of drug-likeness (QED) is 0.895. The molecule has 19 heavy (non-hydrogen) atoms. The first kappa shape index (κ1) is 13.3. The van der Waals surface area contributed by atoms with Gasteiger partial charge in [-0.15, -0.1) is 0 Å². The molecule has 98 valence electrons. The highest BCUT2D eigenvalue weighted by atomic mass is 16.1. The van der Waals surface area contributed by atoms with Crippen LogP contribution < -0.4 is 5.73 Å². The Balaban J connectivity index is 2.46. The van der Waals surface area contributed by atoms with Crippen molar-refractivity contribution in [2.24, 2.45) is 5.73 Å².